The first-order valence-electron chi connectivity index (χ1n) is 13.0. The molecular formula is C32H31N3O2. The van der Waals surface area contributed by atoms with Gasteiger partial charge in [0.2, 0.25) is 0 Å². The lowest BCUT2D eigenvalue weighted by atomic mass is 9.96. The summed E-state index contributed by atoms with van der Waals surface area (Å²) in [5, 5.41) is 3.15. The summed E-state index contributed by atoms with van der Waals surface area (Å²) >= 11 is 0. The van der Waals surface area contributed by atoms with E-state index in [9.17, 15) is 4.79 Å². The van der Waals surface area contributed by atoms with Gasteiger partial charge in [-0.15, -0.1) is 0 Å². The smallest absolute Gasteiger partial charge is 0.273 e. The summed E-state index contributed by atoms with van der Waals surface area (Å²) < 4.78 is 9.90. The highest BCUT2D eigenvalue weighted by Crippen LogP contribution is 2.40. The number of aryl methyl sites for hydroxylation is 3. The van der Waals surface area contributed by atoms with E-state index >= 15 is 0 Å². The summed E-state index contributed by atoms with van der Waals surface area (Å²) in [5.41, 5.74) is 9.50. The van der Waals surface area contributed by atoms with E-state index < -0.39 is 0 Å². The molecule has 0 spiro atoms. The van der Waals surface area contributed by atoms with Crippen molar-refractivity contribution in [2.75, 3.05) is 12.4 Å². The van der Waals surface area contributed by atoms with Gasteiger partial charge in [0.05, 0.1) is 12.8 Å². The molecule has 2 aromatic heterocycles. The molecule has 5 nitrogen and oxygen atoms in total. The van der Waals surface area contributed by atoms with Crippen molar-refractivity contribution in [2.45, 2.75) is 39.2 Å². The lowest BCUT2D eigenvalue weighted by Gasteiger charge is -2.11. The van der Waals surface area contributed by atoms with Crippen LogP contribution in [-0.4, -0.2) is 22.0 Å². The van der Waals surface area contributed by atoms with Crippen LogP contribution in [0.5, 0.6) is 5.75 Å². The number of methoxy groups -OCH3 is 1. The maximum absolute atomic E-state index is 14.0. The fraction of sp³-hybridized carbons (Fsp3) is 0.219. The summed E-state index contributed by atoms with van der Waals surface area (Å²) in [5.74, 6) is 0.736. The molecule has 6 rings (SSSR count). The average Bonchev–Trinajstić information content (AvgIpc) is 3.36. The third-order valence-corrected chi connectivity index (χ3v) is 7.42. The topological polar surface area (TPSA) is 47.7 Å². The molecule has 37 heavy (non-hydrogen) atoms. The average molecular weight is 490 g/mol. The molecule has 3 aromatic carbocycles. The minimum Gasteiger partial charge on any atom is -0.497 e. The second-order valence-electron chi connectivity index (χ2n) is 9.62. The van der Waals surface area contributed by atoms with Gasteiger partial charge in [-0.3, -0.25) is 9.20 Å². The first-order valence-corrected chi connectivity index (χ1v) is 13.0. The van der Waals surface area contributed by atoms with E-state index in [0.29, 0.717) is 5.69 Å². The molecule has 1 aliphatic heterocycles. The van der Waals surface area contributed by atoms with Gasteiger partial charge in [0, 0.05) is 29.6 Å². The minimum absolute atomic E-state index is 0.0963. The first-order chi connectivity index (χ1) is 18.2. The Bertz CT molecular complexity index is 1560. The lowest BCUT2D eigenvalue weighted by molar-refractivity contribution is 0.102. The molecule has 0 bridgehead atoms. The number of carbonyl (C=O) groups excluding carboxylic acids is 1. The number of benzene rings is 3. The maximum Gasteiger partial charge on any atom is 0.273 e. The fourth-order valence-electron chi connectivity index (χ4n) is 5.53. The number of carbonyl (C=O) groups is 1. The molecule has 186 valence electrons. The summed E-state index contributed by atoms with van der Waals surface area (Å²) in [7, 11) is 1.68. The SMILES string of the molecule is CCc1ccc(-c2c3c4n(c(-c5ccc(OC)cc5)cn4c2C(=O)Nc2ccccc2)CCCC3)cc1. The predicted octanol–water partition coefficient (Wildman–Crippen LogP) is 7.23. The Kier molecular flexibility index (Phi) is 6.05. The standard InChI is InChI=1S/C32H31N3O2/c1-3-22-12-14-24(15-13-22)29-27-11-7-8-20-34-28(23-16-18-26(37-2)19-17-23)21-35(32(27)34)30(29)31(36)33-25-9-5-4-6-10-25/h4-6,9-10,12-19,21H,3,7-8,11,20H2,1-2H3,(H,33,36). The van der Waals surface area contributed by atoms with E-state index in [2.05, 4.69) is 63.8 Å². The number of para-hydroxylation sites is 1. The number of nitrogens with zero attached hydrogens (tertiary/aromatic N) is 2. The van der Waals surface area contributed by atoms with Crippen LogP contribution in [0.4, 0.5) is 5.69 Å². The molecular weight excluding hydrogens is 458 g/mol. The van der Waals surface area contributed by atoms with Gasteiger partial charge in [-0.25, -0.2) is 0 Å². The minimum atomic E-state index is -0.0963. The summed E-state index contributed by atoms with van der Waals surface area (Å²) in [6.07, 6.45) is 6.25. The number of ether oxygens (including phenoxy) is 1. The Morgan fingerprint density at radius 2 is 1.65 bits per heavy atom. The van der Waals surface area contributed by atoms with Gasteiger partial charge in [-0.2, -0.15) is 0 Å². The predicted molar refractivity (Wildman–Crippen MR) is 150 cm³/mol. The van der Waals surface area contributed by atoms with Crippen LogP contribution in [0.25, 0.3) is 28.0 Å². The molecule has 0 unspecified atom stereocenters. The summed E-state index contributed by atoms with van der Waals surface area (Å²) in [6.45, 7) is 3.08. The third kappa shape index (κ3) is 4.10. The number of rotatable bonds is 6. The van der Waals surface area contributed by atoms with Crippen molar-refractivity contribution in [2.24, 2.45) is 0 Å². The zero-order valence-electron chi connectivity index (χ0n) is 21.3. The fourth-order valence-corrected chi connectivity index (χ4v) is 5.53. The number of aromatic nitrogens is 2. The largest absolute Gasteiger partial charge is 0.497 e. The Morgan fingerprint density at radius 3 is 2.35 bits per heavy atom. The van der Waals surface area contributed by atoms with Crippen molar-refractivity contribution in [1.29, 1.82) is 0 Å². The van der Waals surface area contributed by atoms with E-state index in [1.54, 1.807) is 7.11 Å². The van der Waals surface area contributed by atoms with Crippen molar-refractivity contribution in [3.63, 3.8) is 0 Å². The van der Waals surface area contributed by atoms with Gasteiger partial charge in [0.15, 0.2) is 0 Å². The van der Waals surface area contributed by atoms with E-state index in [0.717, 1.165) is 71.7 Å². The van der Waals surface area contributed by atoms with E-state index in [1.165, 1.54) is 11.1 Å². The van der Waals surface area contributed by atoms with Crippen LogP contribution in [0.1, 0.15) is 41.4 Å². The van der Waals surface area contributed by atoms with Crippen LogP contribution in [0, 0.1) is 0 Å². The molecule has 5 aromatic rings. The van der Waals surface area contributed by atoms with Gasteiger partial charge in [-0.1, -0.05) is 49.4 Å². The Morgan fingerprint density at radius 1 is 0.919 bits per heavy atom. The zero-order valence-corrected chi connectivity index (χ0v) is 21.3. The van der Waals surface area contributed by atoms with Crippen LogP contribution >= 0.6 is 0 Å². The Balaban J connectivity index is 1.59. The highest BCUT2D eigenvalue weighted by atomic mass is 16.5. The van der Waals surface area contributed by atoms with Gasteiger partial charge in [0.1, 0.15) is 17.1 Å². The Hall–Kier alpha value is -4.25. The molecule has 0 saturated heterocycles. The normalized spacial score (nSPS) is 12.9. The van der Waals surface area contributed by atoms with Crippen molar-refractivity contribution in [1.82, 2.24) is 8.97 Å². The molecule has 0 saturated carbocycles. The van der Waals surface area contributed by atoms with Crippen LogP contribution in [-0.2, 0) is 19.4 Å². The molecule has 0 atom stereocenters. The molecule has 1 N–H and O–H groups in total. The second-order valence-corrected chi connectivity index (χ2v) is 9.62. The van der Waals surface area contributed by atoms with Crippen molar-refractivity contribution < 1.29 is 9.53 Å². The molecule has 1 aliphatic rings. The van der Waals surface area contributed by atoms with E-state index in [-0.39, 0.29) is 5.91 Å². The highest BCUT2D eigenvalue weighted by Gasteiger charge is 2.29. The maximum atomic E-state index is 14.0. The molecule has 0 aliphatic carbocycles. The number of anilines is 1. The summed E-state index contributed by atoms with van der Waals surface area (Å²) in [6, 6.07) is 26.6. The molecule has 0 radical (unpaired) electrons. The number of hydrogen-bond acceptors (Lipinski definition) is 2. The zero-order chi connectivity index (χ0) is 25.4. The summed E-state index contributed by atoms with van der Waals surface area (Å²) in [4.78, 5) is 14.0. The Labute approximate surface area is 217 Å². The van der Waals surface area contributed by atoms with Gasteiger partial charge in [0.25, 0.3) is 5.91 Å². The van der Waals surface area contributed by atoms with E-state index in [4.69, 9.17) is 4.74 Å². The second kappa shape index (κ2) is 9.66. The van der Waals surface area contributed by atoms with Crippen LogP contribution in [0.2, 0.25) is 0 Å². The van der Waals surface area contributed by atoms with E-state index in [1.807, 2.05) is 42.5 Å². The lowest BCUT2D eigenvalue weighted by Crippen LogP contribution is -2.15. The van der Waals surface area contributed by atoms with Crippen LogP contribution < -0.4 is 10.1 Å². The van der Waals surface area contributed by atoms with Crippen LogP contribution in [0.15, 0.2) is 85.1 Å². The molecule has 3 heterocycles. The molecule has 0 fully saturated rings. The number of nitrogens with one attached hydrogen (secondary N) is 1. The number of amides is 1. The van der Waals surface area contributed by atoms with Crippen molar-refractivity contribution >= 4 is 17.2 Å². The van der Waals surface area contributed by atoms with Gasteiger partial charge >= 0.3 is 0 Å². The van der Waals surface area contributed by atoms with Crippen molar-refractivity contribution in [3.05, 3.63) is 102 Å². The van der Waals surface area contributed by atoms with Gasteiger partial charge < -0.3 is 14.6 Å². The molecule has 1 amide bonds. The monoisotopic (exact) mass is 489 g/mol. The first kappa shape index (κ1) is 23.2. The number of hydrogen-bond donors (Lipinski definition) is 1. The molecule has 5 heteroatoms. The number of imidazole rings is 1. The quantitative estimate of drug-likeness (QED) is 0.273. The highest BCUT2D eigenvalue weighted by molar-refractivity contribution is 6.10. The van der Waals surface area contributed by atoms with Gasteiger partial charge in [-0.05, 0) is 78.8 Å². The third-order valence-electron chi connectivity index (χ3n) is 7.42. The van der Waals surface area contributed by atoms with Crippen LogP contribution in [0.3, 0.4) is 0 Å². The van der Waals surface area contributed by atoms with Crippen molar-refractivity contribution in [3.8, 4) is 28.1 Å².